The summed E-state index contributed by atoms with van der Waals surface area (Å²) in [5.41, 5.74) is 7.72. The Hall–Kier alpha value is -3.70. The number of aryl methyl sites for hydroxylation is 1. The molecule has 0 saturated carbocycles. The second kappa shape index (κ2) is 10.6. The summed E-state index contributed by atoms with van der Waals surface area (Å²) in [6.45, 7) is 2.44. The molecule has 0 aromatic heterocycles. The highest BCUT2D eigenvalue weighted by Crippen LogP contribution is 2.50. The standard InChI is InChI=1S/C33H28BrFN2O/c1-21-8-14-31-30(16-21)28-6-3-7-29(28)33(37-31)23-9-12-27(13-10-23)36-19-24-18-25(34)11-15-32(24)38-20-22-4-2-5-26(35)17-22/h2-6,8-19,28-29,33,37H,7,20H2,1H3/t28-,29-,33+/m1/s1. The Morgan fingerprint density at radius 3 is 2.74 bits per heavy atom. The maximum absolute atomic E-state index is 13.5. The second-order valence-corrected chi connectivity index (χ2v) is 10.9. The summed E-state index contributed by atoms with van der Waals surface area (Å²) in [5.74, 6) is 1.39. The molecular weight excluding hydrogens is 539 g/mol. The minimum Gasteiger partial charge on any atom is -0.488 e. The van der Waals surface area contributed by atoms with E-state index in [1.54, 1.807) is 6.07 Å². The van der Waals surface area contributed by atoms with Gasteiger partial charge in [0.2, 0.25) is 0 Å². The van der Waals surface area contributed by atoms with Gasteiger partial charge in [0.05, 0.1) is 11.7 Å². The van der Waals surface area contributed by atoms with Gasteiger partial charge in [0.15, 0.2) is 0 Å². The normalized spacial score (nSPS) is 19.7. The molecule has 3 atom stereocenters. The first kappa shape index (κ1) is 24.6. The van der Waals surface area contributed by atoms with Gasteiger partial charge in [0.1, 0.15) is 18.2 Å². The third kappa shape index (κ3) is 5.16. The number of fused-ring (bicyclic) bond motifs is 3. The number of halogens is 2. The van der Waals surface area contributed by atoms with Gasteiger partial charge in [-0.05, 0) is 84.5 Å². The third-order valence-corrected chi connectivity index (χ3v) is 7.87. The molecule has 0 spiro atoms. The van der Waals surface area contributed by atoms with Crippen LogP contribution in [-0.2, 0) is 6.61 Å². The van der Waals surface area contributed by atoms with Crippen molar-refractivity contribution in [1.29, 1.82) is 0 Å². The van der Waals surface area contributed by atoms with Crippen molar-refractivity contribution in [3.05, 3.63) is 135 Å². The zero-order valence-corrected chi connectivity index (χ0v) is 22.7. The molecule has 1 N–H and O–H groups in total. The van der Waals surface area contributed by atoms with E-state index in [9.17, 15) is 4.39 Å². The number of hydrogen-bond acceptors (Lipinski definition) is 3. The van der Waals surface area contributed by atoms with Crippen LogP contribution in [0.2, 0.25) is 0 Å². The molecule has 0 bridgehead atoms. The first-order chi connectivity index (χ1) is 18.5. The molecule has 3 nitrogen and oxygen atoms in total. The van der Waals surface area contributed by atoms with Crippen LogP contribution in [0, 0.1) is 18.7 Å². The van der Waals surface area contributed by atoms with Gasteiger partial charge >= 0.3 is 0 Å². The summed E-state index contributed by atoms with van der Waals surface area (Å²) in [7, 11) is 0. The molecule has 1 heterocycles. The van der Waals surface area contributed by atoms with Crippen LogP contribution in [0.5, 0.6) is 5.75 Å². The quantitative estimate of drug-likeness (QED) is 0.186. The summed E-state index contributed by atoms with van der Waals surface area (Å²) < 4.78 is 20.5. The highest BCUT2D eigenvalue weighted by molar-refractivity contribution is 9.10. The van der Waals surface area contributed by atoms with Crippen molar-refractivity contribution in [2.75, 3.05) is 5.32 Å². The van der Waals surface area contributed by atoms with Gasteiger partial charge in [-0.1, -0.05) is 70.0 Å². The maximum atomic E-state index is 13.5. The number of hydrogen-bond donors (Lipinski definition) is 1. The van der Waals surface area contributed by atoms with Crippen molar-refractivity contribution in [2.45, 2.75) is 31.9 Å². The van der Waals surface area contributed by atoms with Gasteiger partial charge in [0.25, 0.3) is 0 Å². The van der Waals surface area contributed by atoms with Crippen LogP contribution in [0.3, 0.4) is 0 Å². The maximum Gasteiger partial charge on any atom is 0.128 e. The van der Waals surface area contributed by atoms with Crippen LogP contribution in [0.25, 0.3) is 0 Å². The SMILES string of the molecule is Cc1ccc2c(c1)[C@@H]1C=CC[C@H]1[C@H](c1ccc(N=Cc3cc(Br)ccc3OCc3cccc(F)c3)cc1)N2. The Bertz CT molecular complexity index is 1530. The Kier molecular flexibility index (Phi) is 6.86. The van der Waals surface area contributed by atoms with E-state index in [1.165, 1.54) is 34.5 Å². The molecule has 38 heavy (non-hydrogen) atoms. The van der Waals surface area contributed by atoms with Crippen molar-refractivity contribution in [3.8, 4) is 5.75 Å². The average molecular weight is 568 g/mol. The van der Waals surface area contributed by atoms with Gasteiger partial charge in [-0.15, -0.1) is 0 Å². The molecule has 4 aromatic carbocycles. The molecule has 2 aliphatic rings. The summed E-state index contributed by atoms with van der Waals surface area (Å²) in [6, 6.07) is 27.7. The summed E-state index contributed by atoms with van der Waals surface area (Å²) in [6.07, 6.45) is 7.60. The molecule has 0 saturated heterocycles. The number of benzene rings is 4. The molecule has 190 valence electrons. The molecule has 0 unspecified atom stereocenters. The number of nitrogens with zero attached hydrogens (tertiary/aromatic N) is 1. The van der Waals surface area contributed by atoms with Crippen molar-refractivity contribution in [2.24, 2.45) is 10.9 Å². The molecule has 5 heteroatoms. The molecule has 6 rings (SSSR count). The number of ether oxygens (including phenoxy) is 1. The average Bonchev–Trinajstić information content (AvgIpc) is 3.42. The van der Waals surface area contributed by atoms with Gasteiger partial charge in [0, 0.05) is 27.9 Å². The molecule has 0 amide bonds. The monoisotopic (exact) mass is 566 g/mol. The first-order valence-corrected chi connectivity index (χ1v) is 13.7. The number of anilines is 1. The lowest BCUT2D eigenvalue weighted by Gasteiger charge is -2.37. The van der Waals surface area contributed by atoms with Crippen LogP contribution < -0.4 is 10.1 Å². The molecule has 0 fully saturated rings. The zero-order chi connectivity index (χ0) is 26.1. The van der Waals surface area contributed by atoms with E-state index >= 15 is 0 Å². The van der Waals surface area contributed by atoms with E-state index in [0.29, 0.717) is 17.6 Å². The Labute approximate surface area is 231 Å². The highest BCUT2D eigenvalue weighted by atomic mass is 79.9. The fraction of sp³-hybridized carbons (Fsp3) is 0.182. The van der Waals surface area contributed by atoms with E-state index in [4.69, 9.17) is 9.73 Å². The fourth-order valence-corrected chi connectivity index (χ4v) is 5.87. The molecule has 1 aliphatic carbocycles. The predicted octanol–water partition coefficient (Wildman–Crippen LogP) is 9.05. The number of aliphatic imine (C=N–C) groups is 1. The van der Waals surface area contributed by atoms with Gasteiger partial charge in [-0.2, -0.15) is 0 Å². The van der Waals surface area contributed by atoms with E-state index < -0.39 is 0 Å². The molecule has 4 aromatic rings. The van der Waals surface area contributed by atoms with Gasteiger partial charge < -0.3 is 10.1 Å². The van der Waals surface area contributed by atoms with Gasteiger partial charge in [-0.25, -0.2) is 4.39 Å². The van der Waals surface area contributed by atoms with Gasteiger partial charge in [-0.3, -0.25) is 4.99 Å². The summed E-state index contributed by atoms with van der Waals surface area (Å²) in [4.78, 5) is 4.73. The van der Waals surface area contributed by atoms with Crippen molar-refractivity contribution in [1.82, 2.24) is 0 Å². The predicted molar refractivity (Wildman–Crippen MR) is 156 cm³/mol. The van der Waals surface area contributed by atoms with E-state index in [-0.39, 0.29) is 18.5 Å². The largest absolute Gasteiger partial charge is 0.488 e. The van der Waals surface area contributed by atoms with Crippen LogP contribution in [0.15, 0.2) is 107 Å². The topological polar surface area (TPSA) is 33.6 Å². The smallest absolute Gasteiger partial charge is 0.128 e. The number of allylic oxidation sites excluding steroid dienone is 2. The minimum absolute atomic E-state index is 0.260. The third-order valence-electron chi connectivity index (χ3n) is 7.38. The fourth-order valence-electron chi connectivity index (χ4n) is 5.50. The van der Waals surface area contributed by atoms with Crippen LogP contribution in [-0.4, -0.2) is 6.21 Å². The van der Waals surface area contributed by atoms with Crippen molar-refractivity contribution < 1.29 is 9.13 Å². The molecule has 0 radical (unpaired) electrons. The first-order valence-electron chi connectivity index (χ1n) is 12.9. The lowest BCUT2D eigenvalue weighted by molar-refractivity contribution is 0.305. The van der Waals surface area contributed by atoms with E-state index in [0.717, 1.165) is 27.7 Å². The molecular formula is C33H28BrFN2O. The summed E-state index contributed by atoms with van der Waals surface area (Å²) in [5, 5.41) is 3.81. The Morgan fingerprint density at radius 2 is 1.89 bits per heavy atom. The van der Waals surface area contributed by atoms with E-state index in [1.807, 2.05) is 30.5 Å². The number of rotatable bonds is 6. The Morgan fingerprint density at radius 1 is 1.03 bits per heavy atom. The lowest BCUT2D eigenvalue weighted by atomic mass is 9.76. The summed E-state index contributed by atoms with van der Waals surface area (Å²) >= 11 is 3.54. The van der Waals surface area contributed by atoms with Crippen molar-refractivity contribution in [3.63, 3.8) is 0 Å². The van der Waals surface area contributed by atoms with Crippen LogP contribution in [0.1, 0.15) is 46.2 Å². The number of nitrogens with one attached hydrogen (secondary N) is 1. The minimum atomic E-state index is -0.269. The Balaban J connectivity index is 1.19. The van der Waals surface area contributed by atoms with Crippen LogP contribution >= 0.6 is 15.9 Å². The lowest BCUT2D eigenvalue weighted by Crippen LogP contribution is -2.29. The van der Waals surface area contributed by atoms with Crippen LogP contribution in [0.4, 0.5) is 15.8 Å². The van der Waals surface area contributed by atoms with E-state index in [2.05, 4.69) is 82.8 Å². The van der Waals surface area contributed by atoms with Crippen molar-refractivity contribution >= 4 is 33.5 Å². The zero-order valence-electron chi connectivity index (χ0n) is 21.1. The molecule has 1 aliphatic heterocycles. The second-order valence-electron chi connectivity index (χ2n) is 10.0. The highest BCUT2D eigenvalue weighted by Gasteiger charge is 2.37.